The monoisotopic (exact) mass is 264 g/mol. The van der Waals surface area contributed by atoms with Crippen molar-refractivity contribution in [2.45, 2.75) is 13.3 Å². The van der Waals surface area contributed by atoms with Crippen LogP contribution in [0.2, 0.25) is 0 Å². The van der Waals surface area contributed by atoms with Gasteiger partial charge in [-0.1, -0.05) is 30.3 Å². The highest BCUT2D eigenvalue weighted by Gasteiger charge is 2.11. The van der Waals surface area contributed by atoms with Gasteiger partial charge in [-0.25, -0.2) is 0 Å². The molecule has 0 fully saturated rings. The number of hydrogen-bond acceptors (Lipinski definition) is 3. The van der Waals surface area contributed by atoms with Crippen molar-refractivity contribution in [1.82, 2.24) is 14.8 Å². The number of anilines is 1. The maximum absolute atomic E-state index is 5.82. The molecule has 0 aliphatic heterocycles. The topological polar surface area (TPSA) is 56.7 Å². The van der Waals surface area contributed by atoms with Crippen LogP contribution >= 0.6 is 0 Å². The van der Waals surface area contributed by atoms with E-state index < -0.39 is 0 Å². The standard InChI is InChI=1S/C16H16N4/c1-12-18-19-16(11-13-6-5-7-14(17)10-13)20(12)15-8-3-2-4-9-15/h2-10H,11,17H2,1H3. The highest BCUT2D eigenvalue weighted by Crippen LogP contribution is 2.16. The van der Waals surface area contributed by atoms with Crippen molar-refractivity contribution in [2.75, 3.05) is 5.73 Å². The molecule has 0 atom stereocenters. The third-order valence-electron chi connectivity index (χ3n) is 3.22. The predicted molar refractivity (Wildman–Crippen MR) is 79.8 cm³/mol. The molecule has 1 heterocycles. The summed E-state index contributed by atoms with van der Waals surface area (Å²) in [4.78, 5) is 0. The van der Waals surface area contributed by atoms with E-state index in [1.807, 2.05) is 43.3 Å². The van der Waals surface area contributed by atoms with Gasteiger partial charge in [0.05, 0.1) is 0 Å². The van der Waals surface area contributed by atoms with Crippen molar-refractivity contribution in [3.05, 3.63) is 71.8 Å². The molecule has 0 spiro atoms. The Bertz CT molecular complexity index is 716. The molecule has 2 aromatic carbocycles. The molecule has 4 heteroatoms. The molecular weight excluding hydrogens is 248 g/mol. The Morgan fingerprint density at radius 3 is 2.55 bits per heavy atom. The van der Waals surface area contributed by atoms with E-state index in [1.165, 1.54) is 0 Å². The van der Waals surface area contributed by atoms with Gasteiger partial charge in [0.1, 0.15) is 11.6 Å². The van der Waals surface area contributed by atoms with Crippen LogP contribution in [0.4, 0.5) is 5.69 Å². The smallest absolute Gasteiger partial charge is 0.142 e. The lowest BCUT2D eigenvalue weighted by atomic mass is 10.1. The largest absolute Gasteiger partial charge is 0.399 e. The first kappa shape index (κ1) is 12.4. The van der Waals surface area contributed by atoms with Crippen LogP contribution in [0.5, 0.6) is 0 Å². The summed E-state index contributed by atoms with van der Waals surface area (Å²) in [5.41, 5.74) is 8.80. The van der Waals surface area contributed by atoms with Crippen molar-refractivity contribution in [3.8, 4) is 5.69 Å². The molecule has 4 nitrogen and oxygen atoms in total. The van der Waals surface area contributed by atoms with Crippen molar-refractivity contribution in [1.29, 1.82) is 0 Å². The highest BCUT2D eigenvalue weighted by atomic mass is 15.3. The molecule has 2 N–H and O–H groups in total. The summed E-state index contributed by atoms with van der Waals surface area (Å²) in [7, 11) is 0. The molecule has 0 saturated carbocycles. The molecule has 3 aromatic rings. The Kier molecular flexibility index (Phi) is 3.21. The summed E-state index contributed by atoms with van der Waals surface area (Å²) in [6.07, 6.45) is 0.709. The van der Waals surface area contributed by atoms with E-state index in [-0.39, 0.29) is 0 Å². The third-order valence-corrected chi connectivity index (χ3v) is 3.22. The van der Waals surface area contributed by atoms with Crippen LogP contribution in [0.25, 0.3) is 5.69 Å². The lowest BCUT2D eigenvalue weighted by molar-refractivity contribution is 0.891. The average Bonchev–Trinajstić information content (AvgIpc) is 2.81. The summed E-state index contributed by atoms with van der Waals surface area (Å²) in [6, 6.07) is 18.0. The van der Waals surface area contributed by atoms with E-state index in [4.69, 9.17) is 5.73 Å². The van der Waals surface area contributed by atoms with Crippen molar-refractivity contribution in [3.63, 3.8) is 0 Å². The van der Waals surface area contributed by atoms with Crippen molar-refractivity contribution < 1.29 is 0 Å². The van der Waals surface area contributed by atoms with Gasteiger partial charge in [-0.3, -0.25) is 4.57 Å². The minimum absolute atomic E-state index is 0.709. The van der Waals surface area contributed by atoms with Gasteiger partial charge in [0.2, 0.25) is 0 Å². The quantitative estimate of drug-likeness (QED) is 0.740. The molecule has 0 amide bonds. The predicted octanol–water partition coefficient (Wildman–Crippen LogP) is 2.75. The fourth-order valence-corrected chi connectivity index (χ4v) is 2.32. The number of rotatable bonds is 3. The summed E-state index contributed by atoms with van der Waals surface area (Å²) >= 11 is 0. The number of aromatic nitrogens is 3. The summed E-state index contributed by atoms with van der Waals surface area (Å²) in [6.45, 7) is 1.96. The zero-order valence-corrected chi connectivity index (χ0v) is 11.3. The molecule has 0 bridgehead atoms. The van der Waals surface area contributed by atoms with Gasteiger partial charge in [0.25, 0.3) is 0 Å². The third kappa shape index (κ3) is 2.40. The number of benzene rings is 2. The fourth-order valence-electron chi connectivity index (χ4n) is 2.32. The van der Waals surface area contributed by atoms with Crippen LogP contribution in [0.3, 0.4) is 0 Å². The molecule has 0 unspecified atom stereocenters. The van der Waals surface area contributed by atoms with Crippen molar-refractivity contribution in [2.24, 2.45) is 0 Å². The van der Waals surface area contributed by atoms with E-state index in [9.17, 15) is 0 Å². The Balaban J connectivity index is 1.99. The van der Waals surface area contributed by atoms with Gasteiger partial charge in [-0.15, -0.1) is 10.2 Å². The lowest BCUT2D eigenvalue weighted by Gasteiger charge is -2.08. The number of nitrogens with two attached hydrogens (primary N) is 1. The number of hydrogen-bond donors (Lipinski definition) is 1. The van der Waals surface area contributed by atoms with Crippen LogP contribution in [0.1, 0.15) is 17.2 Å². The SMILES string of the molecule is Cc1nnc(Cc2cccc(N)c2)n1-c1ccccc1. The molecule has 0 aliphatic carbocycles. The molecule has 3 rings (SSSR count). The number of para-hydroxylation sites is 1. The Morgan fingerprint density at radius 2 is 1.80 bits per heavy atom. The van der Waals surface area contributed by atoms with Gasteiger partial charge >= 0.3 is 0 Å². The normalized spacial score (nSPS) is 10.7. The van der Waals surface area contributed by atoms with Crippen LogP contribution < -0.4 is 5.73 Å². The second kappa shape index (κ2) is 5.17. The summed E-state index contributed by atoms with van der Waals surface area (Å²) in [5, 5.41) is 8.48. The molecule has 0 saturated heterocycles. The first-order valence-electron chi connectivity index (χ1n) is 6.55. The molecule has 100 valence electrons. The lowest BCUT2D eigenvalue weighted by Crippen LogP contribution is -2.04. The average molecular weight is 264 g/mol. The van der Waals surface area contributed by atoms with E-state index in [0.29, 0.717) is 6.42 Å². The molecule has 1 aromatic heterocycles. The first-order chi connectivity index (χ1) is 9.74. The van der Waals surface area contributed by atoms with Gasteiger partial charge < -0.3 is 5.73 Å². The maximum Gasteiger partial charge on any atom is 0.142 e. The first-order valence-corrected chi connectivity index (χ1v) is 6.55. The second-order valence-electron chi connectivity index (χ2n) is 4.76. The highest BCUT2D eigenvalue weighted by molar-refractivity contribution is 5.42. The minimum atomic E-state index is 0.709. The van der Waals surface area contributed by atoms with Gasteiger partial charge in [0, 0.05) is 17.8 Å². The van der Waals surface area contributed by atoms with Gasteiger partial charge in [0.15, 0.2) is 0 Å². The van der Waals surface area contributed by atoms with E-state index in [0.717, 1.165) is 28.6 Å². The van der Waals surface area contributed by atoms with Crippen LogP contribution in [0.15, 0.2) is 54.6 Å². The number of nitrogen functional groups attached to an aromatic ring is 1. The van der Waals surface area contributed by atoms with Crippen LogP contribution in [0, 0.1) is 6.92 Å². The Hall–Kier alpha value is -2.62. The van der Waals surface area contributed by atoms with Crippen LogP contribution in [-0.4, -0.2) is 14.8 Å². The van der Waals surface area contributed by atoms with E-state index >= 15 is 0 Å². The molecular formula is C16H16N4. The zero-order valence-electron chi connectivity index (χ0n) is 11.3. The van der Waals surface area contributed by atoms with E-state index in [2.05, 4.69) is 33.0 Å². The van der Waals surface area contributed by atoms with Gasteiger partial charge in [-0.2, -0.15) is 0 Å². The molecule has 20 heavy (non-hydrogen) atoms. The van der Waals surface area contributed by atoms with E-state index in [1.54, 1.807) is 0 Å². The molecule has 0 radical (unpaired) electrons. The minimum Gasteiger partial charge on any atom is -0.399 e. The Labute approximate surface area is 117 Å². The summed E-state index contributed by atoms with van der Waals surface area (Å²) in [5.74, 6) is 1.80. The Morgan fingerprint density at radius 1 is 1.00 bits per heavy atom. The summed E-state index contributed by atoms with van der Waals surface area (Å²) < 4.78 is 2.07. The fraction of sp³-hybridized carbons (Fsp3) is 0.125. The zero-order chi connectivity index (χ0) is 13.9. The van der Waals surface area contributed by atoms with Crippen molar-refractivity contribution >= 4 is 5.69 Å². The second-order valence-corrected chi connectivity index (χ2v) is 4.76. The number of aryl methyl sites for hydroxylation is 1. The van der Waals surface area contributed by atoms with Gasteiger partial charge in [-0.05, 0) is 36.8 Å². The van der Waals surface area contributed by atoms with Crippen LogP contribution in [-0.2, 0) is 6.42 Å². The maximum atomic E-state index is 5.82. The number of nitrogens with zero attached hydrogens (tertiary/aromatic N) is 3. The molecule has 0 aliphatic rings.